The molecule has 0 saturated heterocycles. The van der Waals surface area contributed by atoms with Crippen LogP contribution in [0.3, 0.4) is 0 Å². The van der Waals surface area contributed by atoms with E-state index in [9.17, 15) is 8.42 Å². The Kier molecular flexibility index (Phi) is 2.63. The second-order valence-electron chi connectivity index (χ2n) is 2.90. The molecule has 0 radical (unpaired) electrons. The predicted molar refractivity (Wildman–Crippen MR) is 48.3 cm³/mol. The van der Waals surface area contributed by atoms with Crippen LogP contribution < -0.4 is 5.14 Å². The smallest absolute Gasteiger partial charge is 0.213 e. The van der Waals surface area contributed by atoms with Crippen LogP contribution in [0, 0.1) is 13.8 Å². The number of hydrogen-bond acceptors (Lipinski definition) is 4. The standard InChI is InChI=1S/C7H11N3O2S/c1-5-3-7(4-13(8,11)12)6(2)10-9-5/h3H,4H2,1-2H3,(H2,8,11,12). The fourth-order valence-corrected chi connectivity index (χ4v) is 1.69. The SMILES string of the molecule is Cc1cc(CS(N)(=O)=O)c(C)nn1. The number of aromatic nitrogens is 2. The highest BCUT2D eigenvalue weighted by molar-refractivity contribution is 7.88. The van der Waals surface area contributed by atoms with Crippen molar-refractivity contribution in [2.45, 2.75) is 19.6 Å². The van der Waals surface area contributed by atoms with Crippen LogP contribution in [0.1, 0.15) is 17.0 Å². The third-order valence-corrected chi connectivity index (χ3v) is 2.28. The Labute approximate surface area is 77.0 Å². The van der Waals surface area contributed by atoms with Crippen molar-refractivity contribution in [3.63, 3.8) is 0 Å². The highest BCUT2D eigenvalue weighted by Crippen LogP contribution is 2.07. The molecule has 0 fully saturated rings. The molecule has 5 nitrogen and oxygen atoms in total. The normalized spacial score (nSPS) is 11.6. The minimum atomic E-state index is -3.48. The van der Waals surface area contributed by atoms with Crippen molar-refractivity contribution in [3.05, 3.63) is 23.0 Å². The van der Waals surface area contributed by atoms with E-state index in [-0.39, 0.29) is 5.75 Å². The molecule has 0 amide bonds. The second-order valence-corrected chi connectivity index (χ2v) is 4.52. The van der Waals surface area contributed by atoms with E-state index in [4.69, 9.17) is 5.14 Å². The van der Waals surface area contributed by atoms with Crippen LogP contribution in [0.25, 0.3) is 0 Å². The Morgan fingerprint density at radius 2 is 2.00 bits per heavy atom. The Morgan fingerprint density at radius 1 is 1.38 bits per heavy atom. The number of nitrogens with zero attached hydrogens (tertiary/aromatic N) is 2. The summed E-state index contributed by atoms with van der Waals surface area (Å²) in [6.45, 7) is 3.45. The van der Waals surface area contributed by atoms with E-state index in [0.29, 0.717) is 17.0 Å². The number of aryl methyl sites for hydroxylation is 2. The van der Waals surface area contributed by atoms with E-state index in [1.807, 2.05) is 0 Å². The lowest BCUT2D eigenvalue weighted by molar-refractivity contribution is 0.596. The zero-order valence-corrected chi connectivity index (χ0v) is 8.30. The van der Waals surface area contributed by atoms with Crippen LogP contribution in [0.2, 0.25) is 0 Å². The van der Waals surface area contributed by atoms with E-state index < -0.39 is 10.0 Å². The molecule has 0 bridgehead atoms. The van der Waals surface area contributed by atoms with E-state index in [0.717, 1.165) is 0 Å². The van der Waals surface area contributed by atoms with Gasteiger partial charge in [-0.2, -0.15) is 10.2 Å². The molecule has 0 aliphatic carbocycles. The van der Waals surface area contributed by atoms with Crippen molar-refractivity contribution in [1.29, 1.82) is 0 Å². The van der Waals surface area contributed by atoms with Crippen LogP contribution in [-0.2, 0) is 15.8 Å². The molecule has 0 aliphatic rings. The molecule has 2 N–H and O–H groups in total. The lowest BCUT2D eigenvalue weighted by Crippen LogP contribution is -2.16. The van der Waals surface area contributed by atoms with Crippen LogP contribution in [0.15, 0.2) is 6.07 Å². The maximum absolute atomic E-state index is 10.8. The van der Waals surface area contributed by atoms with Crippen molar-refractivity contribution >= 4 is 10.0 Å². The van der Waals surface area contributed by atoms with Gasteiger partial charge in [-0.1, -0.05) is 0 Å². The lowest BCUT2D eigenvalue weighted by Gasteiger charge is -2.02. The van der Waals surface area contributed by atoms with Crippen LogP contribution in [-0.4, -0.2) is 18.6 Å². The molecule has 0 aliphatic heterocycles. The molecule has 1 heterocycles. The summed E-state index contributed by atoms with van der Waals surface area (Å²) in [6.07, 6.45) is 0. The minimum absolute atomic E-state index is 0.185. The molecule has 0 atom stereocenters. The molecule has 0 spiro atoms. The summed E-state index contributed by atoms with van der Waals surface area (Å²) in [5, 5.41) is 12.5. The van der Waals surface area contributed by atoms with Gasteiger partial charge in [0.2, 0.25) is 10.0 Å². The van der Waals surface area contributed by atoms with Gasteiger partial charge < -0.3 is 0 Å². The van der Waals surface area contributed by atoms with Gasteiger partial charge in [0.05, 0.1) is 17.1 Å². The number of hydrogen-bond donors (Lipinski definition) is 1. The number of rotatable bonds is 2. The zero-order chi connectivity index (χ0) is 10.1. The highest BCUT2D eigenvalue weighted by Gasteiger charge is 2.08. The van der Waals surface area contributed by atoms with Crippen LogP contribution in [0.4, 0.5) is 0 Å². The average molecular weight is 201 g/mol. The maximum Gasteiger partial charge on any atom is 0.213 e. The molecule has 1 aromatic rings. The number of nitrogens with two attached hydrogens (primary N) is 1. The fraction of sp³-hybridized carbons (Fsp3) is 0.429. The predicted octanol–water partition coefficient (Wildman–Crippen LogP) is -0.118. The molecule has 13 heavy (non-hydrogen) atoms. The molecular weight excluding hydrogens is 190 g/mol. The summed E-state index contributed by atoms with van der Waals surface area (Å²) in [5.74, 6) is -0.185. The first-order chi connectivity index (χ1) is 5.88. The van der Waals surface area contributed by atoms with Crippen molar-refractivity contribution in [2.24, 2.45) is 5.14 Å². The van der Waals surface area contributed by atoms with Crippen molar-refractivity contribution in [3.8, 4) is 0 Å². The van der Waals surface area contributed by atoms with Gasteiger partial charge in [-0.3, -0.25) is 0 Å². The molecule has 0 unspecified atom stereocenters. The van der Waals surface area contributed by atoms with Gasteiger partial charge in [0.15, 0.2) is 0 Å². The van der Waals surface area contributed by atoms with Crippen LogP contribution in [0.5, 0.6) is 0 Å². The lowest BCUT2D eigenvalue weighted by atomic mass is 10.2. The molecule has 0 aromatic carbocycles. The summed E-state index contributed by atoms with van der Waals surface area (Å²) in [4.78, 5) is 0. The average Bonchev–Trinajstić information content (AvgIpc) is 1.94. The van der Waals surface area contributed by atoms with Gasteiger partial charge in [0, 0.05) is 0 Å². The van der Waals surface area contributed by atoms with Gasteiger partial charge in [-0.15, -0.1) is 0 Å². The van der Waals surface area contributed by atoms with Gasteiger partial charge >= 0.3 is 0 Å². The number of sulfonamides is 1. The van der Waals surface area contributed by atoms with E-state index in [1.54, 1.807) is 19.9 Å². The summed E-state index contributed by atoms with van der Waals surface area (Å²) in [7, 11) is -3.48. The topological polar surface area (TPSA) is 85.9 Å². The second kappa shape index (κ2) is 3.39. The van der Waals surface area contributed by atoms with E-state index in [2.05, 4.69) is 10.2 Å². The maximum atomic E-state index is 10.8. The quantitative estimate of drug-likeness (QED) is 0.722. The van der Waals surface area contributed by atoms with E-state index >= 15 is 0 Å². The Balaban J connectivity index is 3.08. The van der Waals surface area contributed by atoms with Gasteiger partial charge in [0.25, 0.3) is 0 Å². The molecule has 1 rings (SSSR count). The molecule has 0 saturated carbocycles. The Bertz CT molecular complexity index is 414. The van der Waals surface area contributed by atoms with Gasteiger partial charge in [-0.25, -0.2) is 13.6 Å². The first-order valence-corrected chi connectivity index (χ1v) is 5.40. The van der Waals surface area contributed by atoms with Crippen LogP contribution >= 0.6 is 0 Å². The van der Waals surface area contributed by atoms with Crippen molar-refractivity contribution in [2.75, 3.05) is 0 Å². The Hall–Kier alpha value is -1.01. The Morgan fingerprint density at radius 3 is 2.54 bits per heavy atom. The first kappa shape index (κ1) is 10.1. The van der Waals surface area contributed by atoms with Gasteiger partial charge in [0.1, 0.15) is 0 Å². The number of primary sulfonamides is 1. The van der Waals surface area contributed by atoms with E-state index in [1.165, 1.54) is 0 Å². The minimum Gasteiger partial charge on any atom is -0.228 e. The first-order valence-electron chi connectivity index (χ1n) is 3.69. The molecule has 6 heteroatoms. The third-order valence-electron chi connectivity index (χ3n) is 1.56. The summed E-state index contributed by atoms with van der Waals surface area (Å²) in [5.41, 5.74) is 1.89. The molecular formula is C7H11N3O2S. The molecule has 1 aromatic heterocycles. The fourth-order valence-electron chi connectivity index (χ4n) is 0.966. The summed E-state index contributed by atoms with van der Waals surface area (Å²) >= 11 is 0. The summed E-state index contributed by atoms with van der Waals surface area (Å²) < 4.78 is 21.6. The van der Waals surface area contributed by atoms with Crippen molar-refractivity contribution < 1.29 is 8.42 Å². The summed E-state index contributed by atoms with van der Waals surface area (Å²) in [6, 6.07) is 1.67. The van der Waals surface area contributed by atoms with Gasteiger partial charge in [-0.05, 0) is 25.5 Å². The largest absolute Gasteiger partial charge is 0.228 e. The highest BCUT2D eigenvalue weighted by atomic mass is 32.2. The van der Waals surface area contributed by atoms with Crippen molar-refractivity contribution in [1.82, 2.24) is 10.2 Å². The third kappa shape index (κ3) is 3.08. The molecule has 72 valence electrons. The monoisotopic (exact) mass is 201 g/mol. The zero-order valence-electron chi connectivity index (χ0n) is 7.48.